The number of rotatable bonds is 5. The van der Waals surface area contributed by atoms with Gasteiger partial charge in [0.05, 0.1) is 13.0 Å². The Morgan fingerprint density at radius 2 is 2.54 bits per heavy atom. The zero-order valence-corrected chi connectivity index (χ0v) is 7.23. The van der Waals surface area contributed by atoms with Crippen LogP contribution < -0.4 is 5.32 Å². The van der Waals surface area contributed by atoms with Gasteiger partial charge in [-0.2, -0.15) is 0 Å². The maximum Gasteiger partial charge on any atom is 0.305 e. The summed E-state index contributed by atoms with van der Waals surface area (Å²) < 4.78 is 5.12. The Labute approximate surface area is 76.1 Å². The first-order valence-corrected chi connectivity index (χ1v) is 4.23. The molecule has 74 valence electrons. The first-order chi connectivity index (χ1) is 6.24. The topological polar surface area (TPSA) is 75.6 Å². The molecule has 0 aromatic carbocycles. The maximum absolute atomic E-state index is 10.4. The van der Waals surface area contributed by atoms with Gasteiger partial charge in [-0.15, -0.1) is 0 Å². The van der Waals surface area contributed by atoms with Gasteiger partial charge in [-0.1, -0.05) is 0 Å². The van der Waals surface area contributed by atoms with E-state index in [-0.39, 0.29) is 18.4 Å². The van der Waals surface area contributed by atoms with E-state index >= 15 is 0 Å². The minimum atomic E-state index is -0.897. The van der Waals surface area contributed by atoms with Crippen molar-refractivity contribution < 1.29 is 19.4 Å². The number of hydrogen-bond acceptors (Lipinski definition) is 3. The molecule has 0 aromatic rings. The van der Waals surface area contributed by atoms with Crippen LogP contribution in [0.2, 0.25) is 0 Å². The average Bonchev–Trinajstić information content (AvgIpc) is 2.54. The van der Waals surface area contributed by atoms with Gasteiger partial charge in [-0.25, -0.2) is 0 Å². The highest BCUT2D eigenvalue weighted by Gasteiger charge is 2.26. The highest BCUT2D eigenvalue weighted by atomic mass is 16.5. The Kier molecular flexibility index (Phi) is 3.70. The molecule has 0 aliphatic carbocycles. The molecule has 13 heavy (non-hydrogen) atoms. The molecule has 2 atom stereocenters. The molecule has 5 heteroatoms. The van der Waals surface area contributed by atoms with E-state index in [9.17, 15) is 9.59 Å². The standard InChI is InChI=1S/C8H13NO4/c10-5-9-7(3-8(11)12)6-1-2-13-4-6/h5-7H,1-4H2,(H,9,10)(H,11,12)/t6?,7-/m1/s1. The van der Waals surface area contributed by atoms with Crippen LogP contribution >= 0.6 is 0 Å². The lowest BCUT2D eigenvalue weighted by atomic mass is 9.96. The largest absolute Gasteiger partial charge is 0.481 e. The summed E-state index contributed by atoms with van der Waals surface area (Å²) in [5.41, 5.74) is 0. The summed E-state index contributed by atoms with van der Waals surface area (Å²) in [6, 6.07) is -0.294. The minimum Gasteiger partial charge on any atom is -0.481 e. The second-order valence-corrected chi connectivity index (χ2v) is 3.11. The molecule has 0 saturated carbocycles. The van der Waals surface area contributed by atoms with E-state index in [0.29, 0.717) is 19.6 Å². The second kappa shape index (κ2) is 4.81. The molecule has 1 amide bonds. The van der Waals surface area contributed by atoms with Gasteiger partial charge < -0.3 is 15.2 Å². The van der Waals surface area contributed by atoms with Crippen molar-refractivity contribution in [3.05, 3.63) is 0 Å². The fraction of sp³-hybridized carbons (Fsp3) is 0.750. The summed E-state index contributed by atoms with van der Waals surface area (Å²) in [4.78, 5) is 20.7. The lowest BCUT2D eigenvalue weighted by Gasteiger charge is -2.19. The molecule has 1 aliphatic rings. The third-order valence-corrected chi connectivity index (χ3v) is 2.21. The quantitative estimate of drug-likeness (QED) is 0.575. The predicted octanol–water partition coefficient (Wildman–Crippen LogP) is -0.388. The second-order valence-electron chi connectivity index (χ2n) is 3.11. The molecule has 1 rings (SSSR count). The van der Waals surface area contributed by atoms with E-state index in [4.69, 9.17) is 9.84 Å². The summed E-state index contributed by atoms with van der Waals surface area (Å²) in [7, 11) is 0. The molecule has 5 nitrogen and oxygen atoms in total. The van der Waals surface area contributed by atoms with Crippen molar-refractivity contribution in [1.29, 1.82) is 0 Å². The van der Waals surface area contributed by atoms with Crippen LogP contribution in [-0.2, 0) is 14.3 Å². The molecule has 1 aliphatic heterocycles. The van der Waals surface area contributed by atoms with E-state index in [1.54, 1.807) is 0 Å². The van der Waals surface area contributed by atoms with Gasteiger partial charge in [0.15, 0.2) is 0 Å². The van der Waals surface area contributed by atoms with E-state index in [1.165, 1.54) is 0 Å². The monoisotopic (exact) mass is 187 g/mol. The minimum absolute atomic E-state index is 0.0350. The lowest BCUT2D eigenvalue weighted by molar-refractivity contribution is -0.138. The fourth-order valence-electron chi connectivity index (χ4n) is 1.51. The Balaban J connectivity index is 2.44. The summed E-state index contributed by atoms with van der Waals surface area (Å²) >= 11 is 0. The Bertz CT molecular complexity index is 189. The third-order valence-electron chi connectivity index (χ3n) is 2.21. The number of hydrogen-bond donors (Lipinski definition) is 2. The number of carboxylic acid groups (broad SMARTS) is 1. The van der Waals surface area contributed by atoms with Gasteiger partial charge in [0.25, 0.3) is 0 Å². The van der Waals surface area contributed by atoms with Crippen LogP contribution in [0.5, 0.6) is 0 Å². The van der Waals surface area contributed by atoms with Crippen LogP contribution in [0.15, 0.2) is 0 Å². The van der Waals surface area contributed by atoms with Gasteiger partial charge in [0.1, 0.15) is 0 Å². The predicted molar refractivity (Wildman–Crippen MR) is 44.2 cm³/mol. The van der Waals surface area contributed by atoms with E-state index in [0.717, 1.165) is 6.42 Å². The lowest BCUT2D eigenvalue weighted by Crippen LogP contribution is -2.37. The summed E-state index contributed by atoms with van der Waals surface area (Å²) in [5.74, 6) is -0.757. The smallest absolute Gasteiger partial charge is 0.305 e. The zero-order valence-electron chi connectivity index (χ0n) is 7.23. The molecule has 2 N–H and O–H groups in total. The number of carbonyl (C=O) groups is 2. The number of carboxylic acids is 1. The fourth-order valence-corrected chi connectivity index (χ4v) is 1.51. The van der Waals surface area contributed by atoms with Crippen molar-refractivity contribution in [2.45, 2.75) is 18.9 Å². The number of carbonyl (C=O) groups excluding carboxylic acids is 1. The molecular weight excluding hydrogens is 174 g/mol. The van der Waals surface area contributed by atoms with Crippen molar-refractivity contribution in [2.24, 2.45) is 5.92 Å². The molecule has 1 fully saturated rings. The van der Waals surface area contributed by atoms with Crippen LogP contribution in [0.25, 0.3) is 0 Å². The van der Waals surface area contributed by atoms with Crippen molar-refractivity contribution in [3.63, 3.8) is 0 Å². The summed E-state index contributed by atoms with van der Waals surface area (Å²) in [5, 5.41) is 11.1. The van der Waals surface area contributed by atoms with Gasteiger partial charge in [-0.05, 0) is 6.42 Å². The van der Waals surface area contributed by atoms with Gasteiger partial charge in [-0.3, -0.25) is 9.59 Å². The van der Waals surface area contributed by atoms with Crippen molar-refractivity contribution in [3.8, 4) is 0 Å². The van der Waals surface area contributed by atoms with Crippen LogP contribution in [0, 0.1) is 5.92 Å². The maximum atomic E-state index is 10.4. The van der Waals surface area contributed by atoms with E-state index in [1.807, 2.05) is 0 Å². The molecule has 0 bridgehead atoms. The van der Waals surface area contributed by atoms with E-state index in [2.05, 4.69) is 5.32 Å². The van der Waals surface area contributed by atoms with Crippen LogP contribution in [0.1, 0.15) is 12.8 Å². The van der Waals surface area contributed by atoms with Gasteiger partial charge in [0, 0.05) is 18.6 Å². The first kappa shape index (κ1) is 9.98. The van der Waals surface area contributed by atoms with E-state index < -0.39 is 5.97 Å². The average molecular weight is 187 g/mol. The van der Waals surface area contributed by atoms with Crippen LogP contribution in [0.3, 0.4) is 0 Å². The molecular formula is C8H13NO4. The Morgan fingerprint density at radius 3 is 3.00 bits per heavy atom. The number of amides is 1. The number of aliphatic carboxylic acids is 1. The summed E-state index contributed by atoms with van der Waals surface area (Å²) in [6.45, 7) is 1.19. The van der Waals surface area contributed by atoms with Crippen molar-refractivity contribution in [2.75, 3.05) is 13.2 Å². The molecule has 1 saturated heterocycles. The first-order valence-electron chi connectivity index (χ1n) is 4.23. The molecule has 0 radical (unpaired) electrons. The highest BCUT2D eigenvalue weighted by Crippen LogP contribution is 2.18. The van der Waals surface area contributed by atoms with Crippen molar-refractivity contribution >= 4 is 12.4 Å². The zero-order chi connectivity index (χ0) is 9.68. The third kappa shape index (κ3) is 3.02. The molecule has 1 heterocycles. The number of ether oxygens (including phenoxy) is 1. The highest BCUT2D eigenvalue weighted by molar-refractivity contribution is 5.68. The Morgan fingerprint density at radius 1 is 1.77 bits per heavy atom. The van der Waals surface area contributed by atoms with Crippen LogP contribution in [0.4, 0.5) is 0 Å². The molecule has 1 unspecified atom stereocenters. The Hall–Kier alpha value is -1.10. The number of nitrogens with one attached hydrogen (secondary N) is 1. The molecule has 0 aromatic heterocycles. The van der Waals surface area contributed by atoms with Gasteiger partial charge in [0.2, 0.25) is 6.41 Å². The summed E-state index contributed by atoms with van der Waals surface area (Å²) in [6.07, 6.45) is 1.33. The SMILES string of the molecule is O=CN[C@H](CC(=O)O)C1CCOC1. The molecule has 0 spiro atoms. The van der Waals surface area contributed by atoms with Crippen LogP contribution in [-0.4, -0.2) is 36.7 Å². The van der Waals surface area contributed by atoms with Crippen molar-refractivity contribution in [1.82, 2.24) is 5.32 Å². The normalized spacial score (nSPS) is 23.8. The van der Waals surface area contributed by atoms with Gasteiger partial charge >= 0.3 is 5.97 Å².